The number of fused-ring (bicyclic) bond motifs is 2. The van der Waals surface area contributed by atoms with E-state index in [9.17, 15) is 4.79 Å². The number of carbonyl (C=O) groups is 1. The van der Waals surface area contributed by atoms with Gasteiger partial charge in [0.25, 0.3) is 5.91 Å². The lowest BCUT2D eigenvalue weighted by Crippen LogP contribution is -2.25. The summed E-state index contributed by atoms with van der Waals surface area (Å²) in [5.41, 5.74) is 6.77. The number of amides is 1. The average molecular weight is 545 g/mol. The smallest absolute Gasteiger partial charge is 0.251 e. The highest BCUT2D eigenvalue weighted by atomic mass is 16.5. The average Bonchev–Trinajstić information content (AvgIpc) is 3.28. The second kappa shape index (κ2) is 11.6. The first-order chi connectivity index (χ1) is 20.1. The van der Waals surface area contributed by atoms with Crippen LogP contribution in [0.2, 0.25) is 0 Å². The largest absolute Gasteiger partial charge is 0.497 e. The fourth-order valence-electron chi connectivity index (χ4n) is 5.29. The predicted octanol–water partition coefficient (Wildman–Crippen LogP) is 6.45. The van der Waals surface area contributed by atoms with E-state index >= 15 is 0 Å². The summed E-state index contributed by atoms with van der Waals surface area (Å²) in [4.78, 5) is 18.1. The maximum absolute atomic E-state index is 13.0. The minimum Gasteiger partial charge on any atom is -0.497 e. The van der Waals surface area contributed by atoms with E-state index in [0.717, 1.165) is 51.1 Å². The Hall–Kier alpha value is -5.04. The van der Waals surface area contributed by atoms with Crippen LogP contribution in [0.15, 0.2) is 103 Å². The van der Waals surface area contributed by atoms with Crippen molar-refractivity contribution in [1.82, 2.24) is 14.9 Å². The van der Waals surface area contributed by atoms with E-state index in [0.29, 0.717) is 18.7 Å². The van der Waals surface area contributed by atoms with Gasteiger partial charge in [0.1, 0.15) is 17.3 Å². The Morgan fingerprint density at radius 3 is 2.37 bits per heavy atom. The number of aromatic nitrogens is 2. The van der Waals surface area contributed by atoms with Gasteiger partial charge in [-0.3, -0.25) is 4.79 Å². The van der Waals surface area contributed by atoms with Crippen LogP contribution in [0.5, 0.6) is 11.5 Å². The van der Waals surface area contributed by atoms with E-state index in [4.69, 9.17) is 14.5 Å². The van der Waals surface area contributed by atoms with Crippen LogP contribution in [-0.4, -0.2) is 29.2 Å². The fraction of sp³-hybridized carbons (Fsp3) is 0.176. The first-order valence-electron chi connectivity index (χ1n) is 13.8. The SMILES string of the molecule is CCOc1ccc(C2Nc3ccccc3Cn3c(CNC(=O)c4ccccc4)nc(-c4ccc(OC)cc4)c32)cc1. The van der Waals surface area contributed by atoms with Crippen molar-refractivity contribution in [2.45, 2.75) is 26.1 Å². The Bertz CT molecular complexity index is 1640. The van der Waals surface area contributed by atoms with Crippen molar-refractivity contribution in [2.24, 2.45) is 0 Å². The summed E-state index contributed by atoms with van der Waals surface area (Å²) in [6.07, 6.45) is 0. The van der Waals surface area contributed by atoms with Crippen molar-refractivity contribution in [3.8, 4) is 22.8 Å². The normalized spacial score (nSPS) is 13.8. The summed E-state index contributed by atoms with van der Waals surface area (Å²) in [5, 5.41) is 6.90. The molecule has 4 aromatic carbocycles. The first-order valence-corrected chi connectivity index (χ1v) is 13.8. The third kappa shape index (κ3) is 5.39. The molecule has 0 radical (unpaired) electrons. The highest BCUT2D eigenvalue weighted by Gasteiger charge is 2.30. The topological polar surface area (TPSA) is 77.4 Å². The molecule has 1 aliphatic rings. The molecule has 0 aliphatic carbocycles. The number of para-hydroxylation sites is 1. The summed E-state index contributed by atoms with van der Waals surface area (Å²) in [6.45, 7) is 3.50. The zero-order valence-electron chi connectivity index (χ0n) is 23.1. The van der Waals surface area contributed by atoms with E-state index in [1.165, 1.54) is 0 Å². The maximum Gasteiger partial charge on any atom is 0.251 e. The highest BCUT2D eigenvalue weighted by Crippen LogP contribution is 2.39. The molecule has 0 saturated heterocycles. The minimum absolute atomic E-state index is 0.135. The summed E-state index contributed by atoms with van der Waals surface area (Å²) in [7, 11) is 1.66. The number of nitrogens with zero attached hydrogens (tertiary/aromatic N) is 2. The van der Waals surface area contributed by atoms with Gasteiger partial charge in [0.05, 0.1) is 44.2 Å². The highest BCUT2D eigenvalue weighted by molar-refractivity contribution is 5.94. The van der Waals surface area contributed by atoms with E-state index in [1.807, 2.05) is 79.7 Å². The van der Waals surface area contributed by atoms with E-state index in [2.05, 4.69) is 45.5 Å². The van der Waals surface area contributed by atoms with E-state index in [-0.39, 0.29) is 18.5 Å². The Balaban J connectivity index is 1.48. The molecular formula is C34H32N4O3. The van der Waals surface area contributed by atoms with E-state index in [1.54, 1.807) is 7.11 Å². The Labute approximate surface area is 239 Å². The molecule has 0 fully saturated rings. The van der Waals surface area contributed by atoms with Crippen LogP contribution in [-0.2, 0) is 13.1 Å². The zero-order chi connectivity index (χ0) is 28.2. The second-order valence-electron chi connectivity index (χ2n) is 9.86. The van der Waals surface area contributed by atoms with Crippen LogP contribution in [0.3, 0.4) is 0 Å². The van der Waals surface area contributed by atoms with Crippen LogP contribution in [0, 0.1) is 0 Å². The van der Waals surface area contributed by atoms with Gasteiger partial charge in [-0.2, -0.15) is 0 Å². The van der Waals surface area contributed by atoms with Crippen molar-refractivity contribution in [2.75, 3.05) is 19.0 Å². The summed E-state index contributed by atoms with van der Waals surface area (Å²) >= 11 is 0. The molecule has 206 valence electrons. The molecule has 2 heterocycles. The van der Waals surface area contributed by atoms with Gasteiger partial charge >= 0.3 is 0 Å². The Kier molecular flexibility index (Phi) is 7.41. The standard InChI is InChI=1S/C34H32N4O3/c1-3-41-28-19-15-23(16-20-28)31-33-32(24-13-17-27(40-2)18-14-24)37-30(21-35-34(39)25-9-5-4-6-10-25)38(33)22-26-11-7-8-12-29(26)36-31/h4-20,31,36H,3,21-22H2,1-2H3,(H,35,39). The van der Waals surface area contributed by atoms with Crippen molar-refractivity contribution < 1.29 is 14.3 Å². The second-order valence-corrected chi connectivity index (χ2v) is 9.86. The predicted molar refractivity (Wildman–Crippen MR) is 160 cm³/mol. The van der Waals surface area contributed by atoms with Gasteiger partial charge in [-0.15, -0.1) is 0 Å². The van der Waals surface area contributed by atoms with Crippen LogP contribution in [0.25, 0.3) is 11.3 Å². The van der Waals surface area contributed by atoms with Gasteiger partial charge in [0, 0.05) is 16.8 Å². The summed E-state index contributed by atoms with van der Waals surface area (Å²) in [5.74, 6) is 2.26. The van der Waals surface area contributed by atoms with Gasteiger partial charge in [-0.25, -0.2) is 4.98 Å². The lowest BCUT2D eigenvalue weighted by atomic mass is 9.98. The molecule has 1 aromatic heterocycles. The molecule has 41 heavy (non-hydrogen) atoms. The Morgan fingerprint density at radius 1 is 0.927 bits per heavy atom. The molecule has 1 unspecified atom stereocenters. The molecule has 6 rings (SSSR count). The number of carbonyl (C=O) groups excluding carboxylic acids is 1. The van der Waals surface area contributed by atoms with Crippen LogP contribution in [0.4, 0.5) is 5.69 Å². The third-order valence-electron chi connectivity index (χ3n) is 7.34. The number of imidazole rings is 1. The van der Waals surface area contributed by atoms with Gasteiger partial charge < -0.3 is 24.7 Å². The van der Waals surface area contributed by atoms with Crippen molar-refractivity contribution in [3.05, 3.63) is 131 Å². The lowest BCUT2D eigenvalue weighted by molar-refractivity contribution is 0.0949. The quantitative estimate of drug-likeness (QED) is 0.235. The fourth-order valence-corrected chi connectivity index (χ4v) is 5.29. The molecule has 1 amide bonds. The Morgan fingerprint density at radius 2 is 1.63 bits per heavy atom. The number of nitrogens with one attached hydrogen (secondary N) is 2. The van der Waals surface area contributed by atoms with Crippen LogP contribution < -0.4 is 20.1 Å². The van der Waals surface area contributed by atoms with Gasteiger partial charge in [-0.05, 0) is 72.6 Å². The van der Waals surface area contributed by atoms with Crippen LogP contribution >= 0.6 is 0 Å². The first kappa shape index (κ1) is 26.2. The molecule has 1 atom stereocenters. The van der Waals surface area contributed by atoms with Crippen molar-refractivity contribution >= 4 is 11.6 Å². The lowest BCUT2D eigenvalue weighted by Gasteiger charge is -2.21. The monoisotopic (exact) mass is 544 g/mol. The molecule has 0 spiro atoms. The third-order valence-corrected chi connectivity index (χ3v) is 7.34. The molecular weight excluding hydrogens is 512 g/mol. The molecule has 7 nitrogen and oxygen atoms in total. The zero-order valence-corrected chi connectivity index (χ0v) is 23.1. The number of rotatable bonds is 8. The van der Waals surface area contributed by atoms with Gasteiger partial charge in [-0.1, -0.05) is 48.5 Å². The molecule has 0 saturated carbocycles. The number of ether oxygens (including phenoxy) is 2. The van der Waals surface area contributed by atoms with E-state index < -0.39 is 0 Å². The number of anilines is 1. The molecule has 5 aromatic rings. The van der Waals surface area contributed by atoms with Crippen molar-refractivity contribution in [3.63, 3.8) is 0 Å². The molecule has 0 bridgehead atoms. The number of hydrogen-bond acceptors (Lipinski definition) is 5. The molecule has 2 N–H and O–H groups in total. The molecule has 7 heteroatoms. The van der Waals surface area contributed by atoms with Gasteiger partial charge in [0.2, 0.25) is 0 Å². The van der Waals surface area contributed by atoms with Gasteiger partial charge in [0.15, 0.2) is 0 Å². The number of hydrogen-bond donors (Lipinski definition) is 2. The maximum atomic E-state index is 13.0. The van der Waals surface area contributed by atoms with Crippen molar-refractivity contribution in [1.29, 1.82) is 0 Å². The summed E-state index contributed by atoms with van der Waals surface area (Å²) in [6, 6.07) is 33.6. The molecule has 1 aliphatic heterocycles. The minimum atomic E-state index is -0.197. The van der Waals surface area contributed by atoms with Crippen LogP contribution in [0.1, 0.15) is 46.0 Å². The summed E-state index contributed by atoms with van der Waals surface area (Å²) < 4.78 is 13.4. The number of benzene rings is 4. The number of methoxy groups -OCH3 is 1.